The van der Waals surface area contributed by atoms with Crippen molar-refractivity contribution in [3.8, 4) is 5.75 Å². The van der Waals surface area contributed by atoms with Crippen LogP contribution in [0.2, 0.25) is 0 Å². The van der Waals surface area contributed by atoms with E-state index < -0.39 is 58.0 Å². The molecule has 1 spiro atoms. The number of ether oxygens (including phenoxy) is 3. The standard InChI is InChI=1S/C18H16F4I2O8S/c19-17(20,18(21,22)33(27,28)29)5-6-30-14(25)9-1-3-16(4-2-9)31-13-8-12(24)11(23)7-10(13)15(26)32-16/h7-9H,1-6H2,(H,27,28,29). The van der Waals surface area contributed by atoms with Gasteiger partial charge in [-0.05, 0) is 70.2 Å². The minimum atomic E-state index is -6.36. The molecule has 1 heterocycles. The van der Waals surface area contributed by atoms with Crippen LogP contribution in [0.4, 0.5) is 17.6 Å². The number of esters is 2. The molecule has 1 fully saturated rings. The lowest BCUT2D eigenvalue weighted by molar-refractivity contribution is -0.187. The molecule has 1 saturated carbocycles. The van der Waals surface area contributed by atoms with E-state index in [1.807, 2.05) is 0 Å². The third-order valence-corrected chi connectivity index (χ3v) is 9.07. The average Bonchev–Trinajstić information content (AvgIpc) is 2.69. The number of benzene rings is 1. The number of rotatable bonds is 6. The predicted octanol–water partition coefficient (Wildman–Crippen LogP) is 4.38. The number of hydrogen-bond acceptors (Lipinski definition) is 7. The quantitative estimate of drug-likeness (QED) is 0.199. The zero-order valence-electron chi connectivity index (χ0n) is 16.5. The van der Waals surface area contributed by atoms with E-state index in [2.05, 4.69) is 49.9 Å². The highest BCUT2D eigenvalue weighted by atomic mass is 127. The molecular formula is C18H16F4I2O8S. The van der Waals surface area contributed by atoms with Gasteiger partial charge in [0, 0.05) is 20.0 Å². The molecule has 1 aliphatic heterocycles. The smallest absolute Gasteiger partial charge is 0.431 e. The van der Waals surface area contributed by atoms with Crippen molar-refractivity contribution >= 4 is 67.2 Å². The van der Waals surface area contributed by atoms with Crippen LogP contribution < -0.4 is 4.74 Å². The highest BCUT2D eigenvalue weighted by Crippen LogP contribution is 2.44. The first-order valence-electron chi connectivity index (χ1n) is 9.39. The van der Waals surface area contributed by atoms with Crippen molar-refractivity contribution in [2.24, 2.45) is 5.92 Å². The van der Waals surface area contributed by atoms with E-state index in [0.717, 1.165) is 7.14 Å². The molecule has 0 radical (unpaired) electrons. The lowest BCUT2D eigenvalue weighted by Gasteiger charge is -2.41. The molecule has 0 saturated heterocycles. The van der Waals surface area contributed by atoms with Gasteiger partial charge < -0.3 is 14.2 Å². The summed E-state index contributed by atoms with van der Waals surface area (Å²) in [6, 6.07) is 3.33. The Hall–Kier alpha value is -0.950. The highest BCUT2D eigenvalue weighted by molar-refractivity contribution is 14.1. The van der Waals surface area contributed by atoms with Crippen molar-refractivity contribution in [1.82, 2.24) is 0 Å². The van der Waals surface area contributed by atoms with Crippen molar-refractivity contribution in [1.29, 1.82) is 0 Å². The number of fused-ring (bicyclic) bond motifs is 1. The van der Waals surface area contributed by atoms with Crippen molar-refractivity contribution in [3.63, 3.8) is 0 Å². The van der Waals surface area contributed by atoms with Gasteiger partial charge in [-0.15, -0.1) is 0 Å². The Balaban J connectivity index is 1.56. The van der Waals surface area contributed by atoms with Gasteiger partial charge in [-0.2, -0.15) is 26.0 Å². The summed E-state index contributed by atoms with van der Waals surface area (Å²) < 4.78 is 100. The summed E-state index contributed by atoms with van der Waals surface area (Å²) in [6.45, 7) is -1.19. The second-order valence-electron chi connectivity index (χ2n) is 7.55. The third kappa shape index (κ3) is 5.34. The Morgan fingerprint density at radius 3 is 2.30 bits per heavy atom. The number of hydrogen-bond donors (Lipinski definition) is 1. The maximum Gasteiger partial charge on any atom is 0.431 e. The van der Waals surface area contributed by atoms with E-state index in [4.69, 9.17) is 14.0 Å². The molecule has 1 N–H and O–H groups in total. The van der Waals surface area contributed by atoms with Gasteiger partial charge in [-0.1, -0.05) is 0 Å². The fraction of sp³-hybridized carbons (Fsp3) is 0.556. The summed E-state index contributed by atoms with van der Waals surface area (Å²) in [7, 11) is -6.36. The van der Waals surface area contributed by atoms with Gasteiger partial charge >= 0.3 is 33.2 Å². The van der Waals surface area contributed by atoms with Gasteiger partial charge in [0.25, 0.3) is 5.79 Å². The second-order valence-corrected chi connectivity index (χ2v) is 11.3. The Bertz CT molecular complexity index is 1070. The Labute approximate surface area is 212 Å². The molecule has 2 aliphatic rings. The number of carbonyl (C=O) groups is 2. The molecule has 1 aromatic carbocycles. The molecule has 0 atom stereocenters. The molecule has 0 unspecified atom stereocenters. The van der Waals surface area contributed by atoms with E-state index in [1.165, 1.54) is 0 Å². The first-order valence-corrected chi connectivity index (χ1v) is 13.0. The topological polar surface area (TPSA) is 116 Å². The number of alkyl halides is 4. The molecular weight excluding hydrogens is 706 g/mol. The van der Waals surface area contributed by atoms with Crippen molar-refractivity contribution in [2.45, 2.75) is 49.1 Å². The Kier molecular flexibility index (Phi) is 7.47. The molecule has 0 amide bonds. The molecule has 0 bridgehead atoms. The lowest BCUT2D eigenvalue weighted by atomic mass is 9.84. The first kappa shape index (κ1) is 26.7. The van der Waals surface area contributed by atoms with Crippen LogP contribution in [-0.4, -0.2) is 48.5 Å². The number of carbonyl (C=O) groups excluding carboxylic acids is 2. The molecule has 33 heavy (non-hydrogen) atoms. The van der Waals surface area contributed by atoms with Gasteiger partial charge in [-0.3, -0.25) is 9.35 Å². The van der Waals surface area contributed by atoms with Crippen LogP contribution in [0, 0.1) is 13.1 Å². The van der Waals surface area contributed by atoms with Crippen LogP contribution in [0.25, 0.3) is 0 Å². The summed E-state index contributed by atoms with van der Waals surface area (Å²) >= 11 is 4.15. The van der Waals surface area contributed by atoms with Crippen LogP contribution in [0.5, 0.6) is 5.75 Å². The fourth-order valence-corrected chi connectivity index (χ4v) is 4.83. The molecule has 0 aromatic heterocycles. The molecule has 8 nitrogen and oxygen atoms in total. The molecule has 15 heteroatoms. The van der Waals surface area contributed by atoms with E-state index in [0.29, 0.717) is 5.75 Å². The van der Waals surface area contributed by atoms with Gasteiger partial charge in [0.05, 0.1) is 18.9 Å². The largest absolute Gasteiger partial charge is 0.465 e. The van der Waals surface area contributed by atoms with Gasteiger partial charge in [-0.25, -0.2) is 4.79 Å². The van der Waals surface area contributed by atoms with Crippen molar-refractivity contribution < 1.29 is 54.3 Å². The minimum Gasteiger partial charge on any atom is -0.465 e. The SMILES string of the molecule is O=C1OC2(CCC(C(=O)OCCC(F)(F)C(F)(F)S(=O)(=O)O)CC2)Oc2cc(I)c(I)cc21. The van der Waals surface area contributed by atoms with Crippen molar-refractivity contribution in [3.05, 3.63) is 24.8 Å². The Morgan fingerprint density at radius 1 is 1.15 bits per heavy atom. The predicted molar refractivity (Wildman–Crippen MR) is 120 cm³/mol. The summed E-state index contributed by atoms with van der Waals surface area (Å²) in [5.41, 5.74) is 0.273. The Morgan fingerprint density at radius 2 is 1.73 bits per heavy atom. The van der Waals surface area contributed by atoms with Gasteiger partial charge in [0.1, 0.15) is 11.3 Å². The fourth-order valence-electron chi connectivity index (χ4n) is 3.45. The van der Waals surface area contributed by atoms with E-state index >= 15 is 0 Å². The zero-order chi connectivity index (χ0) is 24.8. The molecule has 1 aromatic rings. The van der Waals surface area contributed by atoms with Crippen LogP contribution in [0.1, 0.15) is 42.5 Å². The van der Waals surface area contributed by atoms with E-state index in [1.54, 1.807) is 12.1 Å². The normalized spacial score (nSPS) is 23.5. The summed E-state index contributed by atoms with van der Waals surface area (Å²) in [4.78, 5) is 24.6. The van der Waals surface area contributed by atoms with Gasteiger partial charge in [0.15, 0.2) is 0 Å². The van der Waals surface area contributed by atoms with Crippen molar-refractivity contribution in [2.75, 3.05) is 6.61 Å². The maximum absolute atomic E-state index is 13.5. The summed E-state index contributed by atoms with van der Waals surface area (Å²) in [6.07, 6.45) is -1.37. The monoisotopic (exact) mass is 722 g/mol. The zero-order valence-corrected chi connectivity index (χ0v) is 21.6. The highest BCUT2D eigenvalue weighted by Gasteiger charge is 2.65. The van der Waals surface area contributed by atoms with E-state index in [9.17, 15) is 35.6 Å². The first-order chi connectivity index (χ1) is 15.1. The average molecular weight is 722 g/mol. The molecule has 1 aliphatic carbocycles. The molecule has 184 valence electrons. The van der Waals surface area contributed by atoms with Gasteiger partial charge in [0.2, 0.25) is 0 Å². The van der Waals surface area contributed by atoms with Crippen LogP contribution in [0.15, 0.2) is 12.1 Å². The number of halogens is 6. The van der Waals surface area contributed by atoms with Crippen LogP contribution in [0.3, 0.4) is 0 Å². The van der Waals surface area contributed by atoms with Crippen LogP contribution >= 0.6 is 45.2 Å². The molecule has 3 rings (SSSR count). The second kappa shape index (κ2) is 9.25. The summed E-state index contributed by atoms with van der Waals surface area (Å²) in [5.74, 6) is -8.40. The van der Waals surface area contributed by atoms with Crippen LogP contribution in [-0.2, 0) is 24.4 Å². The lowest BCUT2D eigenvalue weighted by Crippen LogP contribution is -2.48. The van der Waals surface area contributed by atoms with E-state index in [-0.39, 0.29) is 31.2 Å². The minimum absolute atomic E-state index is 0.109. The summed E-state index contributed by atoms with van der Waals surface area (Å²) in [5, 5.41) is -5.72. The maximum atomic E-state index is 13.5. The third-order valence-electron chi connectivity index (χ3n) is 5.31.